The van der Waals surface area contributed by atoms with Crippen molar-refractivity contribution in [3.63, 3.8) is 0 Å². The average Bonchev–Trinajstić information content (AvgIpc) is 3.06. The molecule has 6 heteroatoms. The van der Waals surface area contributed by atoms with Gasteiger partial charge < -0.3 is 9.30 Å². The number of rotatable bonds is 5. The lowest BCUT2D eigenvalue weighted by molar-refractivity contribution is 0.0955. The third kappa shape index (κ3) is 3.80. The molecule has 0 saturated carbocycles. The van der Waals surface area contributed by atoms with Crippen LogP contribution >= 0.6 is 0 Å². The summed E-state index contributed by atoms with van der Waals surface area (Å²) in [7, 11) is 1.57. The molecule has 2 heterocycles. The van der Waals surface area contributed by atoms with Crippen molar-refractivity contribution in [2.45, 2.75) is 13.8 Å². The van der Waals surface area contributed by atoms with E-state index in [-0.39, 0.29) is 5.91 Å². The highest BCUT2D eigenvalue weighted by Gasteiger charge is 2.11. The smallest absolute Gasteiger partial charge is 0.271 e. The lowest BCUT2D eigenvalue weighted by atomic mass is 10.2. The van der Waals surface area contributed by atoms with Gasteiger partial charge >= 0.3 is 0 Å². The monoisotopic (exact) mass is 398 g/mol. The molecule has 2 aromatic carbocycles. The van der Waals surface area contributed by atoms with Crippen molar-refractivity contribution in [3.8, 4) is 11.4 Å². The minimum Gasteiger partial charge on any atom is -0.497 e. The van der Waals surface area contributed by atoms with E-state index in [9.17, 15) is 4.79 Å². The number of hydrogen-bond acceptors (Lipinski definition) is 4. The highest BCUT2D eigenvalue weighted by molar-refractivity contribution is 5.95. The van der Waals surface area contributed by atoms with E-state index >= 15 is 0 Å². The second kappa shape index (κ2) is 8.21. The predicted molar refractivity (Wildman–Crippen MR) is 119 cm³/mol. The van der Waals surface area contributed by atoms with Gasteiger partial charge in [0.25, 0.3) is 5.91 Å². The van der Waals surface area contributed by atoms with Gasteiger partial charge in [0.1, 0.15) is 5.75 Å². The molecule has 1 N–H and O–H groups in total. The molecule has 6 nitrogen and oxygen atoms in total. The van der Waals surface area contributed by atoms with Crippen LogP contribution in [0.1, 0.15) is 27.3 Å². The van der Waals surface area contributed by atoms with E-state index in [4.69, 9.17) is 4.74 Å². The first kappa shape index (κ1) is 19.4. The minimum absolute atomic E-state index is 0.291. The van der Waals surface area contributed by atoms with Crippen molar-refractivity contribution >= 4 is 23.0 Å². The standard InChI is InChI=1S/C24H22N4O2/c1-16-12-20(15-26-27-24(29)19-6-4-8-22(14-19)30-3)17(2)28(16)21-9-10-23-18(13-21)7-5-11-25-23/h4-15H,1-3H3,(H,27,29)/b26-15-. The first-order valence-corrected chi connectivity index (χ1v) is 9.58. The molecule has 2 aromatic heterocycles. The number of nitrogens with one attached hydrogen (secondary N) is 1. The Morgan fingerprint density at radius 3 is 2.80 bits per heavy atom. The molecule has 0 aliphatic heterocycles. The molecular weight excluding hydrogens is 376 g/mol. The van der Waals surface area contributed by atoms with Crippen molar-refractivity contribution in [2.75, 3.05) is 7.11 Å². The number of carbonyl (C=O) groups excluding carboxylic acids is 1. The number of pyridine rings is 1. The van der Waals surface area contributed by atoms with Crippen LogP contribution < -0.4 is 10.2 Å². The van der Waals surface area contributed by atoms with E-state index in [1.165, 1.54) is 0 Å². The zero-order chi connectivity index (χ0) is 21.1. The highest BCUT2D eigenvalue weighted by Crippen LogP contribution is 2.23. The molecule has 0 unspecified atom stereocenters. The molecule has 0 aliphatic rings. The quantitative estimate of drug-likeness (QED) is 0.400. The summed E-state index contributed by atoms with van der Waals surface area (Å²) in [5.74, 6) is 0.335. The van der Waals surface area contributed by atoms with Gasteiger partial charge in [-0.2, -0.15) is 5.10 Å². The summed E-state index contributed by atoms with van der Waals surface area (Å²) < 4.78 is 7.32. The number of hydrogen-bond donors (Lipinski definition) is 1. The first-order chi connectivity index (χ1) is 14.6. The van der Waals surface area contributed by atoms with Gasteiger partial charge in [0, 0.05) is 39.8 Å². The van der Waals surface area contributed by atoms with Gasteiger partial charge in [0.2, 0.25) is 0 Å². The van der Waals surface area contributed by atoms with E-state index in [0.717, 1.165) is 33.5 Å². The number of aryl methyl sites for hydroxylation is 1. The van der Waals surface area contributed by atoms with E-state index in [1.807, 2.05) is 32.0 Å². The zero-order valence-corrected chi connectivity index (χ0v) is 17.1. The molecule has 4 rings (SSSR count). The molecule has 150 valence electrons. The van der Waals surface area contributed by atoms with Gasteiger partial charge in [-0.05, 0) is 62.4 Å². The lowest BCUT2D eigenvalue weighted by Gasteiger charge is -2.10. The van der Waals surface area contributed by atoms with Crippen LogP contribution in [0.5, 0.6) is 5.75 Å². The second-order valence-electron chi connectivity index (χ2n) is 6.97. The summed E-state index contributed by atoms with van der Waals surface area (Å²) in [6.45, 7) is 4.08. The SMILES string of the molecule is COc1cccc(C(=O)N/N=C\c2cc(C)n(-c3ccc4ncccc4c3)c2C)c1. The molecule has 0 saturated heterocycles. The fourth-order valence-electron chi connectivity index (χ4n) is 3.51. The van der Waals surface area contributed by atoms with Crippen molar-refractivity contribution < 1.29 is 9.53 Å². The molecule has 0 bridgehead atoms. The summed E-state index contributed by atoms with van der Waals surface area (Å²) in [6, 6.07) is 19.2. The second-order valence-corrected chi connectivity index (χ2v) is 6.97. The normalized spacial score (nSPS) is 11.2. The summed E-state index contributed by atoms with van der Waals surface area (Å²) in [5.41, 5.74) is 8.14. The van der Waals surface area contributed by atoms with Gasteiger partial charge in [-0.3, -0.25) is 9.78 Å². The van der Waals surface area contributed by atoms with Crippen LogP contribution in [0.3, 0.4) is 0 Å². The number of fused-ring (bicyclic) bond motifs is 1. The molecule has 4 aromatic rings. The molecule has 0 spiro atoms. The lowest BCUT2D eigenvalue weighted by Crippen LogP contribution is -2.17. The molecule has 0 radical (unpaired) electrons. The number of aromatic nitrogens is 2. The Labute approximate surface area is 174 Å². The Hall–Kier alpha value is -3.93. The summed E-state index contributed by atoms with van der Waals surface area (Å²) >= 11 is 0. The summed E-state index contributed by atoms with van der Waals surface area (Å²) in [6.07, 6.45) is 3.46. The Balaban J connectivity index is 1.56. The van der Waals surface area contributed by atoms with E-state index in [0.29, 0.717) is 11.3 Å². The van der Waals surface area contributed by atoms with E-state index in [2.05, 4.69) is 38.3 Å². The van der Waals surface area contributed by atoms with Crippen molar-refractivity contribution in [2.24, 2.45) is 5.10 Å². The maximum Gasteiger partial charge on any atom is 0.271 e. The fraction of sp³-hybridized carbons (Fsp3) is 0.125. The number of methoxy groups -OCH3 is 1. The van der Waals surface area contributed by atoms with Gasteiger partial charge in [-0.1, -0.05) is 12.1 Å². The maximum absolute atomic E-state index is 12.3. The maximum atomic E-state index is 12.3. The summed E-state index contributed by atoms with van der Waals surface area (Å²) in [4.78, 5) is 16.7. The Kier molecular flexibility index (Phi) is 5.30. The number of ether oxygens (including phenoxy) is 1. The van der Waals surface area contributed by atoms with Crippen LogP contribution in [0, 0.1) is 13.8 Å². The third-order valence-corrected chi connectivity index (χ3v) is 5.02. The molecule has 0 fully saturated rings. The van der Waals surface area contributed by atoms with Crippen LogP contribution in [0.25, 0.3) is 16.6 Å². The third-order valence-electron chi connectivity index (χ3n) is 5.02. The van der Waals surface area contributed by atoms with Crippen LogP contribution in [-0.4, -0.2) is 28.8 Å². The number of nitrogens with zero attached hydrogens (tertiary/aromatic N) is 3. The summed E-state index contributed by atoms with van der Waals surface area (Å²) in [5, 5.41) is 5.23. The largest absolute Gasteiger partial charge is 0.497 e. The van der Waals surface area contributed by atoms with Crippen molar-refractivity contribution in [1.29, 1.82) is 0 Å². The molecule has 0 atom stereocenters. The highest BCUT2D eigenvalue weighted by atomic mass is 16.5. The van der Waals surface area contributed by atoms with Crippen LogP contribution in [-0.2, 0) is 0 Å². The Morgan fingerprint density at radius 1 is 1.10 bits per heavy atom. The van der Waals surface area contributed by atoms with Crippen LogP contribution in [0.2, 0.25) is 0 Å². The molecule has 30 heavy (non-hydrogen) atoms. The van der Waals surface area contributed by atoms with Gasteiger partial charge in [0.05, 0.1) is 18.8 Å². The van der Waals surface area contributed by atoms with Gasteiger partial charge in [-0.15, -0.1) is 0 Å². The van der Waals surface area contributed by atoms with Crippen molar-refractivity contribution in [1.82, 2.24) is 15.0 Å². The Morgan fingerprint density at radius 2 is 1.97 bits per heavy atom. The number of amides is 1. The molecule has 0 aliphatic carbocycles. The average molecular weight is 398 g/mol. The van der Waals surface area contributed by atoms with Gasteiger partial charge in [0.15, 0.2) is 0 Å². The van der Waals surface area contributed by atoms with Gasteiger partial charge in [-0.25, -0.2) is 5.43 Å². The zero-order valence-electron chi connectivity index (χ0n) is 17.1. The molecule has 1 amide bonds. The number of hydrazone groups is 1. The fourth-order valence-corrected chi connectivity index (χ4v) is 3.51. The number of benzene rings is 2. The topological polar surface area (TPSA) is 68.5 Å². The first-order valence-electron chi connectivity index (χ1n) is 9.58. The Bertz CT molecular complexity index is 1260. The van der Waals surface area contributed by atoms with Crippen molar-refractivity contribution in [3.05, 3.63) is 89.4 Å². The molecular formula is C24H22N4O2. The van der Waals surface area contributed by atoms with E-state index < -0.39 is 0 Å². The number of carbonyl (C=O) groups is 1. The minimum atomic E-state index is -0.291. The van der Waals surface area contributed by atoms with Crippen LogP contribution in [0.4, 0.5) is 0 Å². The predicted octanol–water partition coefficient (Wildman–Crippen LogP) is 4.41. The van der Waals surface area contributed by atoms with Crippen LogP contribution in [0.15, 0.2) is 72.0 Å². The van der Waals surface area contributed by atoms with E-state index in [1.54, 1.807) is 43.8 Å².